The summed E-state index contributed by atoms with van der Waals surface area (Å²) >= 11 is 1.47. The average Bonchev–Trinajstić information content (AvgIpc) is 2.94. The summed E-state index contributed by atoms with van der Waals surface area (Å²) in [6, 6.07) is 0.0467. The van der Waals surface area contributed by atoms with Crippen LogP contribution in [-0.2, 0) is 16.4 Å². The largest absolute Gasteiger partial charge is 0.307 e. The third kappa shape index (κ3) is 2.25. The lowest BCUT2D eigenvalue weighted by atomic mass is 10.3. The quantitative estimate of drug-likeness (QED) is 0.839. The summed E-state index contributed by atoms with van der Waals surface area (Å²) in [5.74, 6) is 1.28. The molecule has 1 atom stereocenters. The number of nitrogens with one attached hydrogen (secondary N) is 1. The molecule has 1 unspecified atom stereocenters. The van der Waals surface area contributed by atoms with Crippen LogP contribution in [0.2, 0.25) is 0 Å². The Morgan fingerprint density at radius 3 is 3.00 bits per heavy atom. The van der Waals surface area contributed by atoms with Gasteiger partial charge in [0.15, 0.2) is 15.7 Å². The Balaban J connectivity index is 1.66. The summed E-state index contributed by atoms with van der Waals surface area (Å²) in [5, 5.41) is 16.4. The Labute approximate surface area is 108 Å². The SMILES string of the molecule is Cc1nnc2sc(CNC3CCS(=O)(=O)C3)nn12. The second kappa shape index (κ2) is 4.25. The minimum Gasteiger partial charge on any atom is -0.307 e. The van der Waals surface area contributed by atoms with E-state index < -0.39 is 9.84 Å². The number of hydrogen-bond acceptors (Lipinski definition) is 7. The van der Waals surface area contributed by atoms with Crippen LogP contribution in [0.3, 0.4) is 0 Å². The van der Waals surface area contributed by atoms with Gasteiger partial charge in [-0.25, -0.2) is 8.42 Å². The van der Waals surface area contributed by atoms with Gasteiger partial charge in [0, 0.05) is 12.6 Å². The van der Waals surface area contributed by atoms with Gasteiger partial charge in [-0.15, -0.1) is 10.2 Å². The van der Waals surface area contributed by atoms with Crippen LogP contribution >= 0.6 is 11.3 Å². The van der Waals surface area contributed by atoms with E-state index in [0.29, 0.717) is 13.0 Å². The summed E-state index contributed by atoms with van der Waals surface area (Å²) in [6.45, 7) is 2.42. The monoisotopic (exact) mass is 287 g/mol. The fourth-order valence-corrected chi connectivity index (χ4v) is 4.55. The highest BCUT2D eigenvalue weighted by atomic mass is 32.2. The van der Waals surface area contributed by atoms with E-state index in [1.54, 1.807) is 4.52 Å². The van der Waals surface area contributed by atoms with Crippen molar-refractivity contribution >= 4 is 26.1 Å². The van der Waals surface area contributed by atoms with Crippen LogP contribution in [0.15, 0.2) is 0 Å². The molecule has 2 aromatic heterocycles. The number of sulfone groups is 1. The molecule has 0 saturated carbocycles. The first-order valence-corrected chi connectivity index (χ1v) is 8.29. The van der Waals surface area contributed by atoms with Crippen LogP contribution in [-0.4, -0.2) is 45.8 Å². The maximum absolute atomic E-state index is 11.3. The first-order chi connectivity index (χ1) is 8.53. The van der Waals surface area contributed by atoms with Crippen molar-refractivity contribution in [2.24, 2.45) is 0 Å². The molecule has 3 rings (SSSR count). The minimum atomic E-state index is -2.83. The van der Waals surface area contributed by atoms with E-state index in [2.05, 4.69) is 20.6 Å². The van der Waals surface area contributed by atoms with Gasteiger partial charge in [0.25, 0.3) is 0 Å². The molecular formula is C9H13N5O2S2. The van der Waals surface area contributed by atoms with Crippen molar-refractivity contribution in [3.8, 4) is 0 Å². The Kier molecular flexibility index (Phi) is 2.83. The normalized spacial score (nSPS) is 22.8. The lowest BCUT2D eigenvalue weighted by molar-refractivity contribution is 0.550. The van der Waals surface area contributed by atoms with Crippen molar-refractivity contribution < 1.29 is 8.42 Å². The Morgan fingerprint density at radius 2 is 2.33 bits per heavy atom. The topological polar surface area (TPSA) is 89.2 Å². The summed E-state index contributed by atoms with van der Waals surface area (Å²) in [4.78, 5) is 0.767. The summed E-state index contributed by atoms with van der Waals surface area (Å²) < 4.78 is 24.3. The van der Waals surface area contributed by atoms with Gasteiger partial charge in [-0.3, -0.25) is 0 Å². The lowest BCUT2D eigenvalue weighted by Crippen LogP contribution is -2.29. The molecule has 0 amide bonds. The highest BCUT2D eigenvalue weighted by molar-refractivity contribution is 7.91. The van der Waals surface area contributed by atoms with Crippen LogP contribution in [0.4, 0.5) is 0 Å². The average molecular weight is 287 g/mol. The van der Waals surface area contributed by atoms with Crippen molar-refractivity contribution in [3.05, 3.63) is 10.8 Å². The van der Waals surface area contributed by atoms with E-state index in [0.717, 1.165) is 15.8 Å². The molecule has 7 nitrogen and oxygen atoms in total. The summed E-state index contributed by atoms with van der Waals surface area (Å²) in [6.07, 6.45) is 0.686. The first-order valence-electron chi connectivity index (χ1n) is 5.65. The summed E-state index contributed by atoms with van der Waals surface area (Å²) in [5.41, 5.74) is 0. The number of nitrogens with zero attached hydrogens (tertiary/aromatic N) is 4. The van der Waals surface area contributed by atoms with Gasteiger partial charge in [0.05, 0.1) is 11.5 Å². The molecule has 0 aromatic carbocycles. The molecule has 98 valence electrons. The van der Waals surface area contributed by atoms with E-state index in [9.17, 15) is 8.42 Å². The predicted molar refractivity (Wildman–Crippen MR) is 67.3 cm³/mol. The standard InChI is InChI=1S/C9H13N5O2S2/c1-6-11-12-9-14(6)13-8(17-9)4-10-7-2-3-18(15,16)5-7/h7,10H,2-5H2,1H3. The maximum atomic E-state index is 11.3. The molecule has 1 fully saturated rings. The molecule has 1 saturated heterocycles. The van der Waals surface area contributed by atoms with Gasteiger partial charge >= 0.3 is 0 Å². The zero-order valence-electron chi connectivity index (χ0n) is 9.83. The van der Waals surface area contributed by atoms with Crippen LogP contribution in [0.5, 0.6) is 0 Å². The second-order valence-corrected chi connectivity index (χ2v) is 7.69. The molecule has 18 heavy (non-hydrogen) atoms. The number of rotatable bonds is 3. The Bertz CT molecular complexity index is 674. The number of fused-ring (bicyclic) bond motifs is 1. The Morgan fingerprint density at radius 1 is 1.50 bits per heavy atom. The van der Waals surface area contributed by atoms with Gasteiger partial charge in [0.1, 0.15) is 5.01 Å². The van der Waals surface area contributed by atoms with Crippen LogP contribution in [0.1, 0.15) is 17.3 Å². The molecule has 0 spiro atoms. The van der Waals surface area contributed by atoms with Gasteiger partial charge < -0.3 is 5.32 Å². The van der Waals surface area contributed by atoms with Gasteiger partial charge in [-0.2, -0.15) is 9.61 Å². The zero-order chi connectivity index (χ0) is 12.8. The van der Waals surface area contributed by atoms with Crippen molar-refractivity contribution in [2.45, 2.75) is 25.9 Å². The Hall–Kier alpha value is -1.06. The van der Waals surface area contributed by atoms with Crippen molar-refractivity contribution in [3.63, 3.8) is 0 Å². The molecule has 0 bridgehead atoms. The molecule has 3 heterocycles. The van der Waals surface area contributed by atoms with E-state index in [1.807, 2.05) is 6.92 Å². The van der Waals surface area contributed by atoms with E-state index in [-0.39, 0.29) is 17.5 Å². The van der Waals surface area contributed by atoms with Crippen LogP contribution < -0.4 is 5.32 Å². The minimum absolute atomic E-state index is 0.0467. The third-order valence-electron chi connectivity index (χ3n) is 2.96. The number of hydrogen-bond donors (Lipinski definition) is 1. The van der Waals surface area contributed by atoms with Crippen molar-refractivity contribution in [2.75, 3.05) is 11.5 Å². The molecular weight excluding hydrogens is 274 g/mol. The highest BCUT2D eigenvalue weighted by Crippen LogP contribution is 2.15. The van der Waals surface area contributed by atoms with Crippen LogP contribution in [0.25, 0.3) is 4.96 Å². The van der Waals surface area contributed by atoms with E-state index >= 15 is 0 Å². The molecule has 0 aliphatic carbocycles. The van der Waals surface area contributed by atoms with Gasteiger partial charge in [0.2, 0.25) is 4.96 Å². The molecule has 0 radical (unpaired) electrons. The molecule has 9 heteroatoms. The second-order valence-electron chi connectivity index (χ2n) is 4.42. The fourth-order valence-electron chi connectivity index (χ4n) is 2.01. The van der Waals surface area contributed by atoms with E-state index in [4.69, 9.17) is 0 Å². The molecule has 1 aliphatic heterocycles. The predicted octanol–water partition coefficient (Wildman–Crippen LogP) is -0.229. The van der Waals surface area contributed by atoms with Crippen molar-refractivity contribution in [1.29, 1.82) is 0 Å². The maximum Gasteiger partial charge on any atom is 0.234 e. The van der Waals surface area contributed by atoms with Crippen LogP contribution in [0, 0.1) is 6.92 Å². The molecule has 1 aliphatic rings. The lowest BCUT2D eigenvalue weighted by Gasteiger charge is -2.07. The zero-order valence-corrected chi connectivity index (χ0v) is 11.5. The van der Waals surface area contributed by atoms with Gasteiger partial charge in [-0.05, 0) is 13.3 Å². The number of aromatic nitrogens is 4. The third-order valence-corrected chi connectivity index (χ3v) is 5.63. The number of aryl methyl sites for hydroxylation is 1. The highest BCUT2D eigenvalue weighted by Gasteiger charge is 2.27. The smallest absolute Gasteiger partial charge is 0.234 e. The molecule has 1 N–H and O–H groups in total. The molecule has 2 aromatic rings. The van der Waals surface area contributed by atoms with Gasteiger partial charge in [-0.1, -0.05) is 11.3 Å². The fraction of sp³-hybridized carbons (Fsp3) is 0.667. The van der Waals surface area contributed by atoms with E-state index in [1.165, 1.54) is 11.3 Å². The van der Waals surface area contributed by atoms with Crippen molar-refractivity contribution in [1.82, 2.24) is 25.1 Å². The first kappa shape index (κ1) is 12.0. The summed E-state index contributed by atoms with van der Waals surface area (Å²) in [7, 11) is -2.83.